The van der Waals surface area contributed by atoms with E-state index in [4.69, 9.17) is 0 Å². The number of anilines is 3. The number of rotatable bonds is 5. The predicted octanol–water partition coefficient (Wildman–Crippen LogP) is 2.24. The van der Waals surface area contributed by atoms with E-state index in [1.165, 1.54) is 4.88 Å². The zero-order valence-electron chi connectivity index (χ0n) is 12.5. The Morgan fingerprint density at radius 2 is 1.85 bits per heavy atom. The average molecular weight is 292 g/mol. The lowest BCUT2D eigenvalue weighted by Gasteiger charge is -2.25. The molecular formula is C13H20N6S. The van der Waals surface area contributed by atoms with Crippen molar-refractivity contribution in [2.75, 3.05) is 43.3 Å². The molecule has 2 aromatic rings. The lowest BCUT2D eigenvalue weighted by atomic mass is 10.2. The molecule has 0 spiro atoms. The highest BCUT2D eigenvalue weighted by Crippen LogP contribution is 2.27. The third kappa shape index (κ3) is 2.98. The van der Waals surface area contributed by atoms with Crippen molar-refractivity contribution in [1.82, 2.24) is 15.0 Å². The first-order valence-electron chi connectivity index (χ1n) is 6.40. The molecule has 7 heteroatoms. The number of nitrogens with zero attached hydrogens (tertiary/aromatic N) is 5. The SMILES string of the molecule is CNc1nc(N(C)C)nc(N(C)C(C)c2cccs2)n1. The van der Waals surface area contributed by atoms with Crippen molar-refractivity contribution >= 4 is 29.2 Å². The van der Waals surface area contributed by atoms with E-state index < -0.39 is 0 Å². The summed E-state index contributed by atoms with van der Waals surface area (Å²) in [7, 11) is 7.64. The monoisotopic (exact) mass is 292 g/mol. The van der Waals surface area contributed by atoms with E-state index >= 15 is 0 Å². The lowest BCUT2D eigenvalue weighted by molar-refractivity contribution is 0.723. The lowest BCUT2D eigenvalue weighted by Crippen LogP contribution is -2.25. The van der Waals surface area contributed by atoms with Crippen molar-refractivity contribution in [2.24, 2.45) is 0 Å². The van der Waals surface area contributed by atoms with Crippen LogP contribution in [0.3, 0.4) is 0 Å². The summed E-state index contributed by atoms with van der Waals surface area (Å²) < 4.78 is 0. The molecule has 1 atom stereocenters. The highest BCUT2D eigenvalue weighted by Gasteiger charge is 2.18. The molecule has 1 unspecified atom stereocenters. The van der Waals surface area contributed by atoms with Gasteiger partial charge in [0.1, 0.15) is 0 Å². The second-order valence-corrected chi connectivity index (χ2v) is 5.69. The predicted molar refractivity (Wildman–Crippen MR) is 84.8 cm³/mol. The second kappa shape index (κ2) is 6.04. The van der Waals surface area contributed by atoms with Crippen LogP contribution in [0.5, 0.6) is 0 Å². The van der Waals surface area contributed by atoms with Crippen LogP contribution in [0, 0.1) is 0 Å². The molecule has 20 heavy (non-hydrogen) atoms. The van der Waals surface area contributed by atoms with Gasteiger partial charge in [0.25, 0.3) is 0 Å². The van der Waals surface area contributed by atoms with Crippen molar-refractivity contribution in [3.63, 3.8) is 0 Å². The zero-order valence-corrected chi connectivity index (χ0v) is 13.3. The third-order valence-electron chi connectivity index (χ3n) is 3.09. The first kappa shape index (κ1) is 14.5. The van der Waals surface area contributed by atoms with E-state index in [0.29, 0.717) is 17.8 Å². The summed E-state index contributed by atoms with van der Waals surface area (Å²) >= 11 is 1.74. The topological polar surface area (TPSA) is 57.2 Å². The Balaban J connectivity index is 2.33. The van der Waals surface area contributed by atoms with Gasteiger partial charge in [-0.05, 0) is 18.4 Å². The molecule has 0 saturated carbocycles. The second-order valence-electron chi connectivity index (χ2n) is 4.71. The van der Waals surface area contributed by atoms with E-state index in [0.717, 1.165) is 0 Å². The minimum absolute atomic E-state index is 0.220. The Morgan fingerprint density at radius 1 is 1.15 bits per heavy atom. The molecular weight excluding hydrogens is 272 g/mol. The van der Waals surface area contributed by atoms with Gasteiger partial charge in [-0.1, -0.05) is 6.07 Å². The van der Waals surface area contributed by atoms with E-state index in [1.807, 2.05) is 26.0 Å². The number of nitrogens with one attached hydrogen (secondary N) is 1. The highest BCUT2D eigenvalue weighted by molar-refractivity contribution is 7.10. The Kier molecular flexibility index (Phi) is 4.39. The smallest absolute Gasteiger partial charge is 0.232 e. The molecule has 0 amide bonds. The normalized spacial score (nSPS) is 12.1. The van der Waals surface area contributed by atoms with Gasteiger partial charge in [-0.15, -0.1) is 11.3 Å². The van der Waals surface area contributed by atoms with Crippen LogP contribution in [0.15, 0.2) is 17.5 Å². The number of hydrogen-bond donors (Lipinski definition) is 1. The fourth-order valence-electron chi connectivity index (χ4n) is 1.72. The summed E-state index contributed by atoms with van der Waals surface area (Å²) in [6.07, 6.45) is 0. The minimum Gasteiger partial charge on any atom is -0.357 e. The van der Waals surface area contributed by atoms with Crippen molar-refractivity contribution in [3.8, 4) is 0 Å². The van der Waals surface area contributed by atoms with E-state index in [-0.39, 0.29) is 6.04 Å². The van der Waals surface area contributed by atoms with Crippen LogP contribution in [0.1, 0.15) is 17.8 Å². The largest absolute Gasteiger partial charge is 0.357 e. The highest BCUT2D eigenvalue weighted by atomic mass is 32.1. The standard InChI is InChI=1S/C13H20N6S/c1-9(10-7-6-8-20-10)19(5)13-16-11(14-2)15-12(17-13)18(3)4/h6-9H,1-5H3,(H,14,15,16,17). The summed E-state index contributed by atoms with van der Waals surface area (Å²) in [5, 5.41) is 5.06. The number of hydrogen-bond acceptors (Lipinski definition) is 7. The molecule has 6 nitrogen and oxygen atoms in total. The van der Waals surface area contributed by atoms with Gasteiger partial charge in [-0.25, -0.2) is 0 Å². The van der Waals surface area contributed by atoms with E-state index in [9.17, 15) is 0 Å². The molecule has 0 aliphatic carbocycles. The van der Waals surface area contributed by atoms with Gasteiger partial charge in [0.15, 0.2) is 0 Å². The number of aromatic nitrogens is 3. The van der Waals surface area contributed by atoms with E-state index in [2.05, 4.69) is 49.6 Å². The molecule has 0 fully saturated rings. The van der Waals surface area contributed by atoms with Gasteiger partial charge in [0.2, 0.25) is 17.8 Å². The molecule has 0 aliphatic rings. The zero-order chi connectivity index (χ0) is 14.7. The maximum Gasteiger partial charge on any atom is 0.232 e. The van der Waals surface area contributed by atoms with Crippen LogP contribution in [0.2, 0.25) is 0 Å². The van der Waals surface area contributed by atoms with Crippen molar-refractivity contribution in [3.05, 3.63) is 22.4 Å². The van der Waals surface area contributed by atoms with Crippen molar-refractivity contribution < 1.29 is 0 Å². The quantitative estimate of drug-likeness (QED) is 0.912. The van der Waals surface area contributed by atoms with Crippen LogP contribution in [-0.2, 0) is 0 Å². The minimum atomic E-state index is 0.220. The van der Waals surface area contributed by atoms with Crippen LogP contribution < -0.4 is 15.1 Å². The maximum atomic E-state index is 4.51. The van der Waals surface area contributed by atoms with Gasteiger partial charge in [-0.3, -0.25) is 0 Å². The van der Waals surface area contributed by atoms with Crippen molar-refractivity contribution in [2.45, 2.75) is 13.0 Å². The molecule has 0 aromatic carbocycles. The average Bonchev–Trinajstić information content (AvgIpc) is 2.99. The van der Waals surface area contributed by atoms with Gasteiger partial charge in [0.05, 0.1) is 6.04 Å². The first-order valence-corrected chi connectivity index (χ1v) is 7.28. The Hall–Kier alpha value is -1.89. The van der Waals surface area contributed by atoms with Crippen LogP contribution in [0.25, 0.3) is 0 Å². The van der Waals surface area contributed by atoms with Crippen molar-refractivity contribution in [1.29, 1.82) is 0 Å². The molecule has 0 bridgehead atoms. The fourth-order valence-corrected chi connectivity index (χ4v) is 2.54. The maximum absolute atomic E-state index is 4.51. The molecule has 0 radical (unpaired) electrons. The molecule has 0 saturated heterocycles. The summed E-state index contributed by atoms with van der Waals surface area (Å²) in [6, 6.07) is 4.40. The molecule has 2 rings (SSSR count). The van der Waals surface area contributed by atoms with Gasteiger partial charge in [-0.2, -0.15) is 15.0 Å². The van der Waals surface area contributed by atoms with E-state index in [1.54, 1.807) is 18.4 Å². The van der Waals surface area contributed by atoms with Crippen LogP contribution in [0.4, 0.5) is 17.8 Å². The molecule has 2 heterocycles. The van der Waals surface area contributed by atoms with Gasteiger partial charge in [0, 0.05) is 33.1 Å². The molecule has 0 aliphatic heterocycles. The van der Waals surface area contributed by atoms with Gasteiger partial charge < -0.3 is 15.1 Å². The van der Waals surface area contributed by atoms with Crippen LogP contribution >= 0.6 is 11.3 Å². The Labute approximate surface area is 123 Å². The number of thiophene rings is 1. The summed E-state index contributed by atoms with van der Waals surface area (Å²) in [6.45, 7) is 2.14. The summed E-state index contributed by atoms with van der Waals surface area (Å²) in [5.41, 5.74) is 0. The summed E-state index contributed by atoms with van der Waals surface area (Å²) in [5.74, 6) is 1.88. The summed E-state index contributed by atoms with van der Waals surface area (Å²) in [4.78, 5) is 18.5. The Bertz CT molecular complexity index is 554. The van der Waals surface area contributed by atoms with Gasteiger partial charge >= 0.3 is 0 Å². The Morgan fingerprint density at radius 3 is 2.40 bits per heavy atom. The van der Waals surface area contributed by atoms with Crippen LogP contribution in [-0.4, -0.2) is 43.1 Å². The third-order valence-corrected chi connectivity index (χ3v) is 4.13. The first-order chi connectivity index (χ1) is 9.52. The molecule has 2 aromatic heterocycles. The molecule has 1 N–H and O–H groups in total. The molecule has 108 valence electrons. The fraction of sp³-hybridized carbons (Fsp3) is 0.462.